The van der Waals surface area contributed by atoms with Gasteiger partial charge in [0.1, 0.15) is 5.75 Å². The molecule has 5 nitrogen and oxygen atoms in total. The fourth-order valence-corrected chi connectivity index (χ4v) is 3.81. The highest BCUT2D eigenvalue weighted by Gasteiger charge is 2.54. The van der Waals surface area contributed by atoms with E-state index in [4.69, 9.17) is 15.4 Å². The zero-order chi connectivity index (χ0) is 13.6. The van der Waals surface area contributed by atoms with Gasteiger partial charge in [-0.25, -0.2) is 4.31 Å². The van der Waals surface area contributed by atoms with Crippen LogP contribution in [0.15, 0.2) is 24.3 Å². The molecule has 0 saturated carbocycles. The number of nitrogens with zero attached hydrogens (tertiary/aromatic N) is 1. The van der Waals surface area contributed by atoms with E-state index >= 15 is 0 Å². The van der Waals surface area contributed by atoms with E-state index in [1.165, 1.54) is 7.11 Å². The quantitative estimate of drug-likeness (QED) is 0.627. The lowest BCUT2D eigenvalue weighted by Gasteiger charge is -2.47. The lowest BCUT2D eigenvalue weighted by atomic mass is 9.82. The van der Waals surface area contributed by atoms with Crippen molar-refractivity contribution in [1.82, 2.24) is 4.31 Å². The van der Waals surface area contributed by atoms with Crippen LogP contribution in [0, 0.1) is 0 Å². The van der Waals surface area contributed by atoms with Crippen molar-refractivity contribution in [3.05, 3.63) is 29.8 Å². The van der Waals surface area contributed by atoms with Crippen LogP contribution in [0.1, 0.15) is 18.9 Å². The number of amides is 1. The van der Waals surface area contributed by atoms with Gasteiger partial charge < -0.3 is 4.74 Å². The Hall–Kier alpha value is -1.27. The van der Waals surface area contributed by atoms with Crippen molar-refractivity contribution in [2.45, 2.75) is 18.9 Å². The molecule has 1 aromatic carbocycles. The number of methoxy groups -OCH3 is 1. The summed E-state index contributed by atoms with van der Waals surface area (Å²) < 4.78 is 28.6. The van der Waals surface area contributed by atoms with E-state index in [1.54, 1.807) is 31.2 Å². The third-order valence-corrected chi connectivity index (χ3v) is 4.54. The summed E-state index contributed by atoms with van der Waals surface area (Å²) in [6.45, 7) is 1.66. The normalized spacial score (nSPS) is 23.7. The number of ether oxygens (including phenoxy) is 1. The molecule has 1 heterocycles. The van der Waals surface area contributed by atoms with Crippen molar-refractivity contribution in [1.29, 1.82) is 0 Å². The predicted molar refractivity (Wildman–Crippen MR) is 66.6 cm³/mol. The SMILES string of the molecule is COc1cccc(C2(C)CC(=O)N2S(=O)(=O)Cl)c1. The van der Waals surface area contributed by atoms with Gasteiger partial charge in [-0.3, -0.25) is 4.79 Å². The van der Waals surface area contributed by atoms with Crippen molar-refractivity contribution in [2.75, 3.05) is 7.11 Å². The van der Waals surface area contributed by atoms with Crippen LogP contribution >= 0.6 is 10.7 Å². The first-order valence-corrected chi connectivity index (χ1v) is 7.48. The molecule has 1 fully saturated rings. The molecule has 1 saturated heterocycles. The molecule has 1 unspecified atom stereocenters. The van der Waals surface area contributed by atoms with E-state index in [9.17, 15) is 13.2 Å². The zero-order valence-electron chi connectivity index (χ0n) is 9.88. The van der Waals surface area contributed by atoms with Gasteiger partial charge in [0, 0.05) is 10.7 Å². The molecule has 0 radical (unpaired) electrons. The van der Waals surface area contributed by atoms with Gasteiger partial charge in [-0.15, -0.1) is 0 Å². The van der Waals surface area contributed by atoms with E-state index in [-0.39, 0.29) is 6.42 Å². The van der Waals surface area contributed by atoms with E-state index < -0.39 is 20.7 Å². The van der Waals surface area contributed by atoms with Gasteiger partial charge in [0.25, 0.3) is 0 Å². The Bertz CT molecular complexity index is 601. The van der Waals surface area contributed by atoms with E-state index in [0.29, 0.717) is 15.6 Å². The summed E-state index contributed by atoms with van der Waals surface area (Å²) in [6, 6.07) is 6.92. The fourth-order valence-electron chi connectivity index (χ4n) is 2.16. The Kier molecular flexibility index (Phi) is 3.03. The molecule has 1 amide bonds. The fraction of sp³-hybridized carbons (Fsp3) is 0.364. The Morgan fingerprint density at radius 3 is 2.61 bits per heavy atom. The van der Waals surface area contributed by atoms with Gasteiger partial charge in [0.05, 0.1) is 19.1 Å². The lowest BCUT2D eigenvalue weighted by Crippen LogP contribution is -2.60. The number of hydrogen-bond acceptors (Lipinski definition) is 4. The molecule has 2 rings (SSSR count). The molecule has 0 N–H and O–H groups in total. The topological polar surface area (TPSA) is 63.7 Å². The zero-order valence-corrected chi connectivity index (χ0v) is 11.5. The van der Waals surface area contributed by atoms with Gasteiger partial charge in [-0.05, 0) is 24.6 Å². The smallest absolute Gasteiger partial charge is 0.324 e. The summed E-state index contributed by atoms with van der Waals surface area (Å²) >= 11 is 0. The van der Waals surface area contributed by atoms with Crippen LogP contribution in [0.5, 0.6) is 5.75 Å². The van der Waals surface area contributed by atoms with E-state index in [2.05, 4.69) is 0 Å². The van der Waals surface area contributed by atoms with Crippen LogP contribution in [-0.4, -0.2) is 25.7 Å². The number of hydrogen-bond donors (Lipinski definition) is 0. The van der Waals surface area contributed by atoms with Crippen LogP contribution in [0.25, 0.3) is 0 Å². The largest absolute Gasteiger partial charge is 0.497 e. The number of benzene rings is 1. The first-order valence-electron chi connectivity index (χ1n) is 5.21. The first kappa shape index (κ1) is 13.2. The summed E-state index contributed by atoms with van der Waals surface area (Å²) in [4.78, 5) is 11.5. The minimum Gasteiger partial charge on any atom is -0.497 e. The highest BCUT2D eigenvalue weighted by molar-refractivity contribution is 8.12. The number of carbonyl (C=O) groups is 1. The van der Waals surface area contributed by atoms with Crippen LogP contribution in [0.4, 0.5) is 0 Å². The predicted octanol–water partition coefficient (Wildman–Crippen LogP) is 1.63. The molecule has 0 bridgehead atoms. The number of carbonyl (C=O) groups excluding carboxylic acids is 1. The Morgan fingerprint density at radius 2 is 2.11 bits per heavy atom. The molecule has 0 spiro atoms. The van der Waals surface area contributed by atoms with Crippen molar-refractivity contribution in [3.63, 3.8) is 0 Å². The third-order valence-electron chi connectivity index (χ3n) is 3.08. The van der Waals surface area contributed by atoms with Crippen molar-refractivity contribution >= 4 is 25.8 Å². The minimum absolute atomic E-state index is 0.103. The molecular weight excluding hydrogens is 278 g/mol. The molecule has 7 heteroatoms. The van der Waals surface area contributed by atoms with Crippen LogP contribution in [0.2, 0.25) is 0 Å². The first-order chi connectivity index (χ1) is 8.29. The Labute approximate surface area is 110 Å². The van der Waals surface area contributed by atoms with Gasteiger partial charge in [-0.2, -0.15) is 8.42 Å². The van der Waals surface area contributed by atoms with Crippen LogP contribution in [0.3, 0.4) is 0 Å². The maximum absolute atomic E-state index is 11.5. The van der Waals surface area contributed by atoms with E-state index in [0.717, 1.165) is 0 Å². The molecule has 1 aliphatic heterocycles. The van der Waals surface area contributed by atoms with Crippen molar-refractivity contribution in [2.24, 2.45) is 0 Å². The van der Waals surface area contributed by atoms with Gasteiger partial charge in [-0.1, -0.05) is 12.1 Å². The maximum Gasteiger partial charge on any atom is 0.324 e. The summed E-state index contributed by atoms with van der Waals surface area (Å²) in [5, 5.41) is 0. The molecule has 18 heavy (non-hydrogen) atoms. The molecule has 1 aliphatic rings. The van der Waals surface area contributed by atoms with Crippen molar-refractivity contribution < 1.29 is 17.9 Å². The number of rotatable bonds is 3. The Balaban J connectivity index is 2.46. The highest BCUT2D eigenvalue weighted by atomic mass is 35.7. The second kappa shape index (κ2) is 4.13. The summed E-state index contributed by atoms with van der Waals surface area (Å²) in [5.74, 6) is 0.0929. The molecule has 98 valence electrons. The molecule has 0 aromatic heterocycles. The van der Waals surface area contributed by atoms with Gasteiger partial charge >= 0.3 is 9.24 Å². The Morgan fingerprint density at radius 1 is 1.44 bits per heavy atom. The second-order valence-corrected chi connectivity index (χ2v) is 6.64. The highest BCUT2D eigenvalue weighted by Crippen LogP contribution is 2.44. The lowest BCUT2D eigenvalue weighted by molar-refractivity contribution is -0.144. The maximum atomic E-state index is 11.5. The number of halogens is 1. The average Bonchev–Trinajstić information content (AvgIpc) is 2.25. The molecule has 1 aromatic rings. The summed E-state index contributed by atoms with van der Waals surface area (Å²) in [6.07, 6.45) is 0.103. The molecule has 1 atom stereocenters. The van der Waals surface area contributed by atoms with E-state index in [1.807, 2.05) is 0 Å². The second-order valence-electron chi connectivity index (χ2n) is 4.28. The van der Waals surface area contributed by atoms with Crippen LogP contribution in [-0.2, 0) is 19.6 Å². The average molecular weight is 290 g/mol. The van der Waals surface area contributed by atoms with Crippen molar-refractivity contribution in [3.8, 4) is 5.75 Å². The minimum atomic E-state index is -4.08. The molecular formula is C11H12ClNO4S. The van der Waals surface area contributed by atoms with Gasteiger partial charge in [0.15, 0.2) is 0 Å². The molecule has 0 aliphatic carbocycles. The van der Waals surface area contributed by atoms with Crippen LogP contribution < -0.4 is 4.74 Å². The number of β-lactam (4-membered cyclic amide) rings is 1. The standard InChI is InChI=1S/C11H12ClNO4S/c1-11(7-10(14)13(11)18(12,15)16)8-4-3-5-9(6-8)17-2/h3-6H,7H2,1-2H3. The van der Waals surface area contributed by atoms with Gasteiger partial charge in [0.2, 0.25) is 5.91 Å². The monoisotopic (exact) mass is 289 g/mol. The summed E-state index contributed by atoms with van der Waals surface area (Å²) in [7, 11) is 2.73. The third kappa shape index (κ3) is 1.95. The summed E-state index contributed by atoms with van der Waals surface area (Å²) in [5.41, 5.74) is -0.266.